The van der Waals surface area contributed by atoms with Gasteiger partial charge in [-0.15, -0.1) is 0 Å². The summed E-state index contributed by atoms with van der Waals surface area (Å²) in [6, 6.07) is 5.24. The van der Waals surface area contributed by atoms with Gasteiger partial charge < -0.3 is 0 Å². The van der Waals surface area contributed by atoms with Gasteiger partial charge in [0.05, 0.1) is 0 Å². The van der Waals surface area contributed by atoms with Crippen LogP contribution in [0.25, 0.3) is 5.57 Å². The number of hydrogen-bond acceptors (Lipinski definition) is 0. The summed E-state index contributed by atoms with van der Waals surface area (Å²) >= 11 is 0. The van der Waals surface area contributed by atoms with Crippen molar-refractivity contribution < 1.29 is 0 Å². The molecule has 162 valence electrons. The molecule has 0 bridgehead atoms. The third kappa shape index (κ3) is 2.58. The zero-order chi connectivity index (χ0) is 21.9. The lowest BCUT2D eigenvalue weighted by Gasteiger charge is -2.57. The Morgan fingerprint density at radius 3 is 1.87 bits per heavy atom. The van der Waals surface area contributed by atoms with Gasteiger partial charge in [0.2, 0.25) is 0 Å². The summed E-state index contributed by atoms with van der Waals surface area (Å²) in [5, 5.41) is 0. The summed E-state index contributed by atoms with van der Waals surface area (Å²) in [5.74, 6) is 0. The average molecular weight is 403 g/mol. The van der Waals surface area contributed by atoms with Gasteiger partial charge in [-0.25, -0.2) is 0 Å². The molecule has 0 nitrogen and oxygen atoms in total. The Bertz CT molecular complexity index is 1000. The van der Waals surface area contributed by atoms with E-state index in [4.69, 9.17) is 0 Å². The summed E-state index contributed by atoms with van der Waals surface area (Å²) in [7, 11) is 0. The topological polar surface area (TPSA) is 0 Å². The van der Waals surface area contributed by atoms with Crippen LogP contribution in [-0.4, -0.2) is 0 Å². The van der Waals surface area contributed by atoms with Gasteiger partial charge in [0.1, 0.15) is 0 Å². The molecule has 0 aromatic heterocycles. The first-order valence-electron chi connectivity index (χ1n) is 12.3. The van der Waals surface area contributed by atoms with Gasteiger partial charge in [-0.05, 0) is 93.4 Å². The van der Waals surface area contributed by atoms with Crippen molar-refractivity contribution in [3.63, 3.8) is 0 Å². The fraction of sp³-hybridized carbons (Fsp3) is 0.667. The molecule has 30 heavy (non-hydrogen) atoms. The van der Waals surface area contributed by atoms with Crippen LogP contribution in [-0.2, 0) is 17.3 Å². The maximum atomic E-state index is 2.67. The van der Waals surface area contributed by atoms with Crippen LogP contribution < -0.4 is 0 Å². The van der Waals surface area contributed by atoms with Gasteiger partial charge in [-0.3, -0.25) is 0 Å². The molecule has 0 heterocycles. The standard InChI is InChI=1S/C30H42/c1-26(2)10-11-27(3,4)24-16-21-19(15-23(24)26)14-20-18-30(9)25(17-22(20)21)28(5,6)12-13-29(30,7)8/h15-17H,10-14,18H2,1-9H3. The van der Waals surface area contributed by atoms with Crippen molar-refractivity contribution in [2.75, 3.05) is 0 Å². The molecule has 0 aliphatic heterocycles. The van der Waals surface area contributed by atoms with Gasteiger partial charge in [-0.1, -0.05) is 91.7 Å². The van der Waals surface area contributed by atoms with Crippen molar-refractivity contribution in [1.82, 2.24) is 0 Å². The largest absolute Gasteiger partial charge is 0.0591 e. The van der Waals surface area contributed by atoms with Crippen LogP contribution in [0.2, 0.25) is 0 Å². The molecule has 1 atom stereocenters. The van der Waals surface area contributed by atoms with Gasteiger partial charge in [0.15, 0.2) is 0 Å². The molecule has 1 unspecified atom stereocenters. The zero-order valence-corrected chi connectivity index (χ0v) is 21.0. The molecule has 0 spiro atoms. The maximum Gasteiger partial charge on any atom is -0.00190 e. The van der Waals surface area contributed by atoms with E-state index in [9.17, 15) is 0 Å². The highest BCUT2D eigenvalue weighted by Crippen LogP contribution is 2.65. The van der Waals surface area contributed by atoms with Crippen molar-refractivity contribution in [3.8, 4) is 0 Å². The zero-order valence-electron chi connectivity index (χ0n) is 21.0. The number of allylic oxidation sites excluding steroid dienone is 4. The fourth-order valence-corrected chi connectivity index (χ4v) is 7.32. The Morgan fingerprint density at radius 1 is 0.667 bits per heavy atom. The quantitative estimate of drug-likeness (QED) is 0.408. The first-order valence-corrected chi connectivity index (χ1v) is 12.3. The monoisotopic (exact) mass is 402 g/mol. The summed E-state index contributed by atoms with van der Waals surface area (Å²) in [6.07, 6.45) is 10.3. The molecule has 1 aromatic rings. The lowest BCUT2D eigenvalue weighted by molar-refractivity contribution is 0.0385. The first-order chi connectivity index (χ1) is 13.7. The Morgan fingerprint density at radius 2 is 1.23 bits per heavy atom. The van der Waals surface area contributed by atoms with E-state index in [0.29, 0.717) is 16.2 Å². The molecule has 0 radical (unpaired) electrons. The molecule has 4 aliphatic carbocycles. The Labute approximate surface area is 185 Å². The van der Waals surface area contributed by atoms with Crippen LogP contribution >= 0.6 is 0 Å². The summed E-state index contributed by atoms with van der Waals surface area (Å²) < 4.78 is 0. The Kier molecular flexibility index (Phi) is 3.93. The number of benzene rings is 1. The Hall–Kier alpha value is -1.30. The molecule has 1 aromatic carbocycles. The van der Waals surface area contributed by atoms with E-state index in [2.05, 4.69) is 80.5 Å². The second-order valence-electron chi connectivity index (χ2n) is 13.9. The minimum atomic E-state index is 0.283. The lowest BCUT2D eigenvalue weighted by Crippen LogP contribution is -2.47. The van der Waals surface area contributed by atoms with Crippen LogP contribution in [0.5, 0.6) is 0 Å². The molecule has 1 saturated carbocycles. The molecule has 1 fully saturated rings. The molecule has 0 heteroatoms. The normalized spacial score (nSPS) is 32.0. The van der Waals surface area contributed by atoms with Crippen molar-refractivity contribution in [2.45, 2.75) is 112 Å². The van der Waals surface area contributed by atoms with E-state index < -0.39 is 0 Å². The fourth-order valence-electron chi connectivity index (χ4n) is 7.32. The van der Waals surface area contributed by atoms with E-state index in [1.54, 1.807) is 39.0 Å². The van der Waals surface area contributed by atoms with Gasteiger partial charge in [0.25, 0.3) is 0 Å². The molecule has 0 amide bonds. The van der Waals surface area contributed by atoms with Crippen LogP contribution in [0, 0.1) is 16.2 Å². The molecule has 0 N–H and O–H groups in total. The van der Waals surface area contributed by atoms with E-state index in [1.807, 2.05) is 0 Å². The van der Waals surface area contributed by atoms with Crippen LogP contribution in [0.3, 0.4) is 0 Å². The number of fused-ring (bicyclic) bond motifs is 4. The minimum Gasteiger partial charge on any atom is -0.0591 e. The third-order valence-corrected chi connectivity index (χ3v) is 10.2. The smallest absolute Gasteiger partial charge is 0.00190 e. The van der Waals surface area contributed by atoms with Crippen LogP contribution in [0.15, 0.2) is 29.4 Å². The molecule has 4 aliphatic rings. The van der Waals surface area contributed by atoms with E-state index >= 15 is 0 Å². The SMILES string of the molecule is CC1(C)CCC(C)(C)C2(C)CC3=C(C=C12)c1cc2c(cc1C3)C(C)(C)CCC2(C)C. The van der Waals surface area contributed by atoms with E-state index in [-0.39, 0.29) is 10.8 Å². The summed E-state index contributed by atoms with van der Waals surface area (Å²) in [6.45, 7) is 22.4. The predicted octanol–water partition coefficient (Wildman–Crippen LogP) is 8.53. The van der Waals surface area contributed by atoms with E-state index in [0.717, 1.165) is 0 Å². The van der Waals surface area contributed by atoms with Crippen molar-refractivity contribution in [3.05, 3.63) is 51.6 Å². The summed E-state index contributed by atoms with van der Waals surface area (Å²) in [5.41, 5.74) is 12.9. The second-order valence-corrected chi connectivity index (χ2v) is 13.9. The minimum absolute atomic E-state index is 0.283. The van der Waals surface area contributed by atoms with Crippen LogP contribution in [0.1, 0.15) is 117 Å². The first kappa shape index (κ1) is 20.6. The molecular weight excluding hydrogens is 360 g/mol. The molecule has 5 rings (SSSR count). The van der Waals surface area contributed by atoms with Crippen LogP contribution in [0.4, 0.5) is 0 Å². The van der Waals surface area contributed by atoms with Gasteiger partial charge >= 0.3 is 0 Å². The maximum absolute atomic E-state index is 2.67. The number of hydrogen-bond donors (Lipinski definition) is 0. The Balaban J connectivity index is 1.68. The highest BCUT2D eigenvalue weighted by atomic mass is 14.6. The second kappa shape index (κ2) is 5.73. The molecular formula is C30H42. The van der Waals surface area contributed by atoms with E-state index in [1.165, 1.54) is 38.5 Å². The highest BCUT2D eigenvalue weighted by molar-refractivity contribution is 5.86. The van der Waals surface area contributed by atoms with Gasteiger partial charge in [0, 0.05) is 0 Å². The van der Waals surface area contributed by atoms with Crippen molar-refractivity contribution in [1.29, 1.82) is 0 Å². The third-order valence-electron chi connectivity index (χ3n) is 10.2. The average Bonchev–Trinajstić information content (AvgIpc) is 2.97. The lowest BCUT2D eigenvalue weighted by atomic mass is 9.47. The van der Waals surface area contributed by atoms with Crippen molar-refractivity contribution >= 4 is 5.57 Å². The molecule has 0 saturated heterocycles. The number of rotatable bonds is 0. The van der Waals surface area contributed by atoms with Crippen molar-refractivity contribution in [2.24, 2.45) is 16.2 Å². The highest BCUT2D eigenvalue weighted by Gasteiger charge is 2.54. The van der Waals surface area contributed by atoms with Gasteiger partial charge in [-0.2, -0.15) is 0 Å². The predicted molar refractivity (Wildman–Crippen MR) is 130 cm³/mol. The summed E-state index contributed by atoms with van der Waals surface area (Å²) in [4.78, 5) is 0.